The number of ether oxygens (including phenoxy) is 4. The Morgan fingerprint density at radius 1 is 0.944 bits per heavy atom. The Bertz CT molecular complexity index is 241. The van der Waals surface area contributed by atoms with E-state index >= 15 is 0 Å². The van der Waals surface area contributed by atoms with Gasteiger partial charge in [0.15, 0.2) is 0 Å². The van der Waals surface area contributed by atoms with Gasteiger partial charge in [0, 0.05) is 20.6 Å². The van der Waals surface area contributed by atoms with Gasteiger partial charge in [0.1, 0.15) is 13.2 Å². The standard InChI is InChI=1S/C12H22O6/c1-10(12(14)18-9-7-16-3)4-5-11(13)17-8-6-15-2/h10H,4-9H2,1-3H3. The van der Waals surface area contributed by atoms with E-state index in [2.05, 4.69) is 0 Å². The van der Waals surface area contributed by atoms with Crippen LogP contribution in [0.3, 0.4) is 0 Å². The van der Waals surface area contributed by atoms with Crippen molar-refractivity contribution >= 4 is 11.9 Å². The minimum atomic E-state index is -0.330. The predicted molar refractivity (Wildman–Crippen MR) is 64.1 cm³/mol. The van der Waals surface area contributed by atoms with Gasteiger partial charge in [0.05, 0.1) is 19.1 Å². The number of hydrogen-bond donors (Lipinski definition) is 0. The summed E-state index contributed by atoms with van der Waals surface area (Å²) in [5.74, 6) is -0.975. The van der Waals surface area contributed by atoms with Crippen LogP contribution in [-0.2, 0) is 28.5 Å². The number of esters is 2. The van der Waals surface area contributed by atoms with Crippen LogP contribution in [0.25, 0.3) is 0 Å². The molecule has 0 saturated heterocycles. The normalized spacial score (nSPS) is 11.9. The Balaban J connectivity index is 3.64. The minimum Gasteiger partial charge on any atom is -0.463 e. The lowest BCUT2D eigenvalue weighted by atomic mass is 10.1. The molecule has 6 heteroatoms. The first-order valence-electron chi connectivity index (χ1n) is 5.92. The first-order valence-corrected chi connectivity index (χ1v) is 5.92. The molecule has 1 unspecified atom stereocenters. The van der Waals surface area contributed by atoms with Crippen molar-refractivity contribution in [1.29, 1.82) is 0 Å². The van der Waals surface area contributed by atoms with Gasteiger partial charge in [-0.15, -0.1) is 0 Å². The summed E-state index contributed by atoms with van der Waals surface area (Å²) >= 11 is 0. The van der Waals surface area contributed by atoms with Crippen LogP contribution in [0.15, 0.2) is 0 Å². The van der Waals surface area contributed by atoms with E-state index in [4.69, 9.17) is 18.9 Å². The van der Waals surface area contributed by atoms with E-state index in [1.807, 2.05) is 0 Å². The SMILES string of the molecule is COCCOC(=O)CCC(C)C(=O)OCCOC. The van der Waals surface area contributed by atoms with Crippen LogP contribution in [0.2, 0.25) is 0 Å². The summed E-state index contributed by atoms with van der Waals surface area (Å²) in [7, 11) is 3.07. The molecule has 0 rings (SSSR count). The fraction of sp³-hybridized carbons (Fsp3) is 0.833. The highest BCUT2D eigenvalue weighted by atomic mass is 16.6. The van der Waals surface area contributed by atoms with E-state index < -0.39 is 0 Å². The zero-order chi connectivity index (χ0) is 13.8. The zero-order valence-electron chi connectivity index (χ0n) is 11.3. The van der Waals surface area contributed by atoms with Crippen LogP contribution in [0.1, 0.15) is 19.8 Å². The van der Waals surface area contributed by atoms with Gasteiger partial charge >= 0.3 is 11.9 Å². The lowest BCUT2D eigenvalue weighted by Crippen LogP contribution is -2.19. The third-order valence-electron chi connectivity index (χ3n) is 2.27. The highest BCUT2D eigenvalue weighted by molar-refractivity contribution is 5.74. The molecule has 0 heterocycles. The molecule has 0 fully saturated rings. The maximum absolute atomic E-state index is 11.4. The molecule has 0 amide bonds. The summed E-state index contributed by atoms with van der Waals surface area (Å²) < 4.78 is 19.3. The largest absolute Gasteiger partial charge is 0.463 e. The van der Waals surface area contributed by atoms with E-state index in [0.29, 0.717) is 19.6 Å². The molecular weight excluding hydrogens is 240 g/mol. The zero-order valence-corrected chi connectivity index (χ0v) is 11.3. The molecule has 0 aliphatic heterocycles. The van der Waals surface area contributed by atoms with Gasteiger partial charge in [0.25, 0.3) is 0 Å². The molecule has 0 saturated carbocycles. The molecule has 1 atom stereocenters. The van der Waals surface area contributed by atoms with Crippen molar-refractivity contribution in [3.8, 4) is 0 Å². The van der Waals surface area contributed by atoms with Gasteiger partial charge in [-0.05, 0) is 6.42 Å². The molecule has 0 aromatic rings. The van der Waals surface area contributed by atoms with Gasteiger partial charge in [-0.3, -0.25) is 9.59 Å². The topological polar surface area (TPSA) is 71.1 Å². The molecule has 0 aromatic heterocycles. The lowest BCUT2D eigenvalue weighted by Gasteiger charge is -2.10. The maximum atomic E-state index is 11.4. The summed E-state index contributed by atoms with van der Waals surface area (Å²) in [5, 5.41) is 0. The third-order valence-corrected chi connectivity index (χ3v) is 2.27. The number of carbonyl (C=O) groups is 2. The second kappa shape index (κ2) is 11.0. The summed E-state index contributed by atoms with van der Waals surface area (Å²) in [5.41, 5.74) is 0. The van der Waals surface area contributed by atoms with Gasteiger partial charge in [-0.2, -0.15) is 0 Å². The van der Waals surface area contributed by atoms with Crippen molar-refractivity contribution in [1.82, 2.24) is 0 Å². The summed E-state index contributed by atoms with van der Waals surface area (Å²) in [4.78, 5) is 22.7. The van der Waals surface area contributed by atoms with Gasteiger partial charge < -0.3 is 18.9 Å². The van der Waals surface area contributed by atoms with E-state index in [1.165, 1.54) is 14.2 Å². The number of methoxy groups -OCH3 is 2. The Kier molecular flexibility index (Phi) is 10.3. The molecule has 0 aliphatic carbocycles. The van der Waals surface area contributed by atoms with Crippen LogP contribution in [0, 0.1) is 5.92 Å². The molecular formula is C12H22O6. The van der Waals surface area contributed by atoms with Crippen molar-refractivity contribution in [2.75, 3.05) is 40.6 Å². The summed E-state index contributed by atoms with van der Waals surface area (Å²) in [6.45, 7) is 2.94. The first kappa shape index (κ1) is 16.9. The van der Waals surface area contributed by atoms with Crippen molar-refractivity contribution in [3.63, 3.8) is 0 Å². The quantitative estimate of drug-likeness (QED) is 0.428. The number of hydrogen-bond acceptors (Lipinski definition) is 6. The van der Waals surface area contributed by atoms with Crippen LogP contribution in [-0.4, -0.2) is 52.6 Å². The van der Waals surface area contributed by atoms with Gasteiger partial charge in [-0.1, -0.05) is 6.92 Å². The monoisotopic (exact) mass is 262 g/mol. The maximum Gasteiger partial charge on any atom is 0.308 e. The molecule has 18 heavy (non-hydrogen) atoms. The smallest absolute Gasteiger partial charge is 0.308 e. The molecule has 0 aromatic carbocycles. The highest BCUT2D eigenvalue weighted by Crippen LogP contribution is 2.08. The molecule has 0 N–H and O–H groups in total. The molecule has 6 nitrogen and oxygen atoms in total. The van der Waals surface area contributed by atoms with Crippen molar-refractivity contribution < 1.29 is 28.5 Å². The van der Waals surface area contributed by atoms with Crippen LogP contribution in [0.5, 0.6) is 0 Å². The number of carbonyl (C=O) groups excluding carboxylic acids is 2. The van der Waals surface area contributed by atoms with Crippen LogP contribution in [0.4, 0.5) is 0 Å². The second-order valence-electron chi connectivity index (χ2n) is 3.81. The summed E-state index contributed by atoms with van der Waals surface area (Å²) in [6, 6.07) is 0. The third kappa shape index (κ3) is 8.95. The van der Waals surface area contributed by atoms with Gasteiger partial charge in [-0.25, -0.2) is 0 Å². The Hall–Kier alpha value is -1.14. The minimum absolute atomic E-state index is 0.199. The van der Waals surface area contributed by atoms with Gasteiger partial charge in [0.2, 0.25) is 0 Å². The van der Waals surface area contributed by atoms with E-state index in [1.54, 1.807) is 6.92 Å². The predicted octanol–water partition coefficient (Wildman–Crippen LogP) is 0.782. The fourth-order valence-electron chi connectivity index (χ4n) is 1.13. The molecule has 0 radical (unpaired) electrons. The van der Waals surface area contributed by atoms with Crippen LogP contribution >= 0.6 is 0 Å². The average molecular weight is 262 g/mol. The Labute approximate surface area is 108 Å². The molecule has 106 valence electrons. The fourth-order valence-corrected chi connectivity index (χ4v) is 1.13. The average Bonchev–Trinajstić information content (AvgIpc) is 2.36. The number of rotatable bonds is 10. The molecule has 0 spiro atoms. The highest BCUT2D eigenvalue weighted by Gasteiger charge is 2.16. The van der Waals surface area contributed by atoms with Crippen molar-refractivity contribution in [2.24, 2.45) is 5.92 Å². The van der Waals surface area contributed by atoms with E-state index in [-0.39, 0.29) is 37.5 Å². The van der Waals surface area contributed by atoms with Crippen LogP contribution < -0.4 is 0 Å². The molecule has 0 bridgehead atoms. The lowest BCUT2D eigenvalue weighted by molar-refractivity contribution is -0.150. The summed E-state index contributed by atoms with van der Waals surface area (Å²) in [6.07, 6.45) is 0.613. The van der Waals surface area contributed by atoms with Crippen molar-refractivity contribution in [3.05, 3.63) is 0 Å². The first-order chi connectivity index (χ1) is 8.61. The Morgan fingerprint density at radius 2 is 1.50 bits per heavy atom. The van der Waals surface area contributed by atoms with Crippen molar-refractivity contribution in [2.45, 2.75) is 19.8 Å². The van der Waals surface area contributed by atoms with E-state index in [9.17, 15) is 9.59 Å². The molecule has 0 aliphatic rings. The Morgan fingerprint density at radius 3 is 2.06 bits per heavy atom. The van der Waals surface area contributed by atoms with E-state index in [0.717, 1.165) is 0 Å². The second-order valence-corrected chi connectivity index (χ2v) is 3.81.